The van der Waals surface area contributed by atoms with E-state index in [0.29, 0.717) is 5.56 Å². The first kappa shape index (κ1) is 11.9. The molecule has 2 rings (SSSR count). The van der Waals surface area contributed by atoms with Crippen LogP contribution in [0.15, 0.2) is 12.3 Å². The summed E-state index contributed by atoms with van der Waals surface area (Å²) in [4.78, 5) is 16.1. The fourth-order valence-electron chi connectivity index (χ4n) is 1.84. The Bertz CT molecular complexity index is 413. The predicted molar refractivity (Wildman–Crippen MR) is 68.2 cm³/mol. The van der Waals surface area contributed by atoms with Gasteiger partial charge < -0.3 is 10.6 Å². The number of nitrogens with zero attached hydrogens (tertiary/aromatic N) is 1. The smallest absolute Gasteiger partial charge is 0.254 e. The van der Waals surface area contributed by atoms with Crippen LogP contribution in [0, 0.1) is 12.8 Å². The van der Waals surface area contributed by atoms with Gasteiger partial charge in [0, 0.05) is 25.5 Å². The summed E-state index contributed by atoms with van der Waals surface area (Å²) >= 11 is 0. The Morgan fingerprint density at radius 2 is 2.29 bits per heavy atom. The second-order valence-corrected chi connectivity index (χ2v) is 4.61. The van der Waals surface area contributed by atoms with Crippen LogP contribution in [0.4, 0.5) is 5.69 Å². The first-order valence-electron chi connectivity index (χ1n) is 6.13. The SMILES string of the molecule is CNc1cc(C)ncc1C(=O)NCCC1CC1. The van der Waals surface area contributed by atoms with Crippen LogP contribution in [0.1, 0.15) is 35.3 Å². The van der Waals surface area contributed by atoms with Crippen molar-refractivity contribution in [3.8, 4) is 0 Å². The van der Waals surface area contributed by atoms with Crippen LogP contribution in [0.2, 0.25) is 0 Å². The number of carbonyl (C=O) groups is 1. The van der Waals surface area contributed by atoms with Crippen molar-refractivity contribution < 1.29 is 4.79 Å². The van der Waals surface area contributed by atoms with Crippen LogP contribution in [-0.4, -0.2) is 24.5 Å². The van der Waals surface area contributed by atoms with Gasteiger partial charge in [0.15, 0.2) is 0 Å². The van der Waals surface area contributed by atoms with E-state index in [1.54, 1.807) is 6.20 Å². The molecule has 0 aromatic carbocycles. The van der Waals surface area contributed by atoms with Crippen molar-refractivity contribution in [3.63, 3.8) is 0 Å². The monoisotopic (exact) mass is 233 g/mol. The highest BCUT2D eigenvalue weighted by molar-refractivity contribution is 5.99. The predicted octanol–water partition coefficient (Wildman–Crippen LogP) is 1.96. The number of pyridine rings is 1. The molecule has 1 aliphatic carbocycles. The molecule has 4 nitrogen and oxygen atoms in total. The number of hydrogen-bond acceptors (Lipinski definition) is 3. The van der Waals surface area contributed by atoms with E-state index >= 15 is 0 Å². The van der Waals surface area contributed by atoms with Crippen molar-refractivity contribution in [2.24, 2.45) is 5.92 Å². The molecule has 0 saturated heterocycles. The minimum absolute atomic E-state index is 0.0394. The van der Waals surface area contributed by atoms with E-state index < -0.39 is 0 Å². The maximum Gasteiger partial charge on any atom is 0.254 e. The molecule has 2 N–H and O–H groups in total. The quantitative estimate of drug-likeness (QED) is 0.817. The van der Waals surface area contributed by atoms with Gasteiger partial charge in [-0.25, -0.2) is 0 Å². The molecule has 1 heterocycles. The fourth-order valence-corrected chi connectivity index (χ4v) is 1.84. The van der Waals surface area contributed by atoms with E-state index in [-0.39, 0.29) is 5.91 Å². The Morgan fingerprint density at radius 1 is 1.53 bits per heavy atom. The Labute approximate surface area is 102 Å². The lowest BCUT2D eigenvalue weighted by atomic mass is 10.2. The molecular formula is C13H19N3O. The standard InChI is InChI=1S/C13H19N3O/c1-9-7-12(14-2)11(8-16-9)13(17)15-6-5-10-3-4-10/h7-8,10H,3-6H2,1-2H3,(H,14,16)(H,15,17). The number of aryl methyl sites for hydroxylation is 1. The third-order valence-electron chi connectivity index (χ3n) is 3.09. The number of aromatic nitrogens is 1. The Morgan fingerprint density at radius 3 is 2.94 bits per heavy atom. The lowest BCUT2D eigenvalue weighted by molar-refractivity contribution is 0.0953. The highest BCUT2D eigenvalue weighted by Gasteiger charge is 2.21. The fraction of sp³-hybridized carbons (Fsp3) is 0.538. The molecule has 1 fully saturated rings. The number of amides is 1. The van der Waals surface area contributed by atoms with E-state index in [1.807, 2.05) is 20.0 Å². The number of anilines is 1. The zero-order chi connectivity index (χ0) is 12.3. The highest BCUT2D eigenvalue weighted by atomic mass is 16.1. The molecular weight excluding hydrogens is 214 g/mol. The first-order chi connectivity index (χ1) is 8.20. The van der Waals surface area contributed by atoms with E-state index in [2.05, 4.69) is 15.6 Å². The molecule has 1 saturated carbocycles. The Hall–Kier alpha value is -1.58. The van der Waals surface area contributed by atoms with Gasteiger partial charge in [-0.3, -0.25) is 9.78 Å². The van der Waals surface area contributed by atoms with Crippen molar-refractivity contribution in [3.05, 3.63) is 23.5 Å². The normalized spacial score (nSPS) is 14.5. The maximum atomic E-state index is 11.9. The summed E-state index contributed by atoms with van der Waals surface area (Å²) in [5.41, 5.74) is 2.36. The average Bonchev–Trinajstić information content (AvgIpc) is 3.12. The van der Waals surface area contributed by atoms with Crippen LogP contribution in [0.25, 0.3) is 0 Å². The second-order valence-electron chi connectivity index (χ2n) is 4.61. The van der Waals surface area contributed by atoms with Gasteiger partial charge in [-0.1, -0.05) is 12.8 Å². The van der Waals surface area contributed by atoms with Crippen molar-refractivity contribution in [1.29, 1.82) is 0 Å². The van der Waals surface area contributed by atoms with E-state index in [4.69, 9.17) is 0 Å². The topological polar surface area (TPSA) is 54.0 Å². The van der Waals surface area contributed by atoms with Crippen LogP contribution in [0.5, 0.6) is 0 Å². The molecule has 0 radical (unpaired) electrons. The summed E-state index contributed by atoms with van der Waals surface area (Å²) in [6.07, 6.45) is 5.38. The molecule has 1 aromatic heterocycles. The van der Waals surface area contributed by atoms with Gasteiger partial charge in [-0.05, 0) is 25.3 Å². The molecule has 1 aliphatic rings. The Kier molecular flexibility index (Phi) is 3.61. The molecule has 0 unspecified atom stereocenters. The number of nitrogens with one attached hydrogen (secondary N) is 2. The zero-order valence-electron chi connectivity index (χ0n) is 10.4. The highest BCUT2D eigenvalue weighted by Crippen LogP contribution is 2.31. The van der Waals surface area contributed by atoms with E-state index in [0.717, 1.165) is 30.3 Å². The Balaban J connectivity index is 1.96. The number of carbonyl (C=O) groups excluding carboxylic acids is 1. The lowest BCUT2D eigenvalue weighted by Crippen LogP contribution is -2.25. The maximum absolute atomic E-state index is 11.9. The van der Waals surface area contributed by atoms with Crippen molar-refractivity contribution in [2.75, 3.05) is 18.9 Å². The van der Waals surface area contributed by atoms with E-state index in [1.165, 1.54) is 12.8 Å². The van der Waals surface area contributed by atoms with Crippen LogP contribution >= 0.6 is 0 Å². The van der Waals surface area contributed by atoms with Crippen molar-refractivity contribution in [1.82, 2.24) is 10.3 Å². The summed E-state index contributed by atoms with van der Waals surface area (Å²) in [6, 6.07) is 1.88. The molecule has 0 aliphatic heterocycles. The summed E-state index contributed by atoms with van der Waals surface area (Å²) < 4.78 is 0. The zero-order valence-corrected chi connectivity index (χ0v) is 10.4. The average molecular weight is 233 g/mol. The summed E-state index contributed by atoms with van der Waals surface area (Å²) in [5.74, 6) is 0.803. The molecule has 1 amide bonds. The van der Waals surface area contributed by atoms with Gasteiger partial charge in [0.05, 0.1) is 11.3 Å². The van der Waals surface area contributed by atoms with Crippen LogP contribution in [0.3, 0.4) is 0 Å². The third-order valence-corrected chi connectivity index (χ3v) is 3.09. The van der Waals surface area contributed by atoms with Gasteiger partial charge in [0.1, 0.15) is 0 Å². The molecule has 0 spiro atoms. The van der Waals surface area contributed by atoms with Gasteiger partial charge in [0.25, 0.3) is 5.91 Å². The second kappa shape index (κ2) is 5.17. The van der Waals surface area contributed by atoms with Gasteiger partial charge >= 0.3 is 0 Å². The molecule has 1 aromatic rings. The lowest BCUT2D eigenvalue weighted by Gasteiger charge is -2.09. The van der Waals surface area contributed by atoms with Crippen molar-refractivity contribution >= 4 is 11.6 Å². The van der Waals surface area contributed by atoms with Gasteiger partial charge in [-0.15, -0.1) is 0 Å². The third kappa shape index (κ3) is 3.19. The summed E-state index contributed by atoms with van der Waals surface area (Å²) in [7, 11) is 1.82. The minimum atomic E-state index is -0.0394. The van der Waals surface area contributed by atoms with E-state index in [9.17, 15) is 4.79 Å². The summed E-state index contributed by atoms with van der Waals surface area (Å²) in [5, 5.41) is 5.97. The minimum Gasteiger partial charge on any atom is -0.387 e. The first-order valence-corrected chi connectivity index (χ1v) is 6.13. The van der Waals surface area contributed by atoms with Crippen LogP contribution in [-0.2, 0) is 0 Å². The summed E-state index contributed by atoms with van der Waals surface area (Å²) in [6.45, 7) is 2.68. The van der Waals surface area contributed by atoms with Gasteiger partial charge in [-0.2, -0.15) is 0 Å². The molecule has 0 atom stereocenters. The molecule has 17 heavy (non-hydrogen) atoms. The number of rotatable bonds is 5. The van der Waals surface area contributed by atoms with Crippen molar-refractivity contribution in [2.45, 2.75) is 26.2 Å². The molecule has 0 bridgehead atoms. The molecule has 92 valence electrons. The largest absolute Gasteiger partial charge is 0.387 e. The van der Waals surface area contributed by atoms with Crippen LogP contribution < -0.4 is 10.6 Å². The number of hydrogen-bond donors (Lipinski definition) is 2. The molecule has 4 heteroatoms. The van der Waals surface area contributed by atoms with Gasteiger partial charge in [0.2, 0.25) is 0 Å².